The molecule has 1 unspecified atom stereocenters. The van der Waals surface area contributed by atoms with E-state index in [9.17, 15) is 9.59 Å². The molecule has 256 valence electrons. The van der Waals surface area contributed by atoms with Crippen molar-refractivity contribution in [2.75, 3.05) is 40.3 Å². The molecule has 3 N–H and O–H groups in total. The topological polar surface area (TPSA) is 90.5 Å². The molecule has 1 saturated carbocycles. The first-order chi connectivity index (χ1) is 21.1. The van der Waals surface area contributed by atoms with Gasteiger partial charge >= 0.3 is 0 Å². The lowest BCUT2D eigenvalue weighted by molar-refractivity contribution is -0.123. The van der Waals surface area contributed by atoms with Crippen molar-refractivity contribution in [3.63, 3.8) is 0 Å². The summed E-state index contributed by atoms with van der Waals surface area (Å²) in [4.78, 5) is 33.0. The molecule has 2 fully saturated rings. The molecule has 1 amide bonds. The van der Waals surface area contributed by atoms with Crippen LogP contribution in [-0.2, 0) is 20.8 Å². The number of aldehydes is 1. The standard InChI is InChI=1S/C13H23NO.C10H22N2O.C8H9Cl.C4H11N.CH2O/c1-14-9-7-13(11-15,8-10-14)12-5-3-2-4-6-12;1-4-6-7-11-8-10(13)12-9(3)5-2;1-2-7-3-5-8(9)6-4-7;1-4(2)5-3;1-2/h11-12H,2-10H2,1H3;9,11H,4-8H2,1-3H3,(H,12,13);3-6H,2H2,1H3;4-5H,1-3H3;1H2. The first kappa shape index (κ1) is 44.3. The van der Waals surface area contributed by atoms with Crippen LogP contribution in [0.5, 0.6) is 0 Å². The summed E-state index contributed by atoms with van der Waals surface area (Å²) in [5, 5.41) is 9.85. The molecule has 0 radical (unpaired) electrons. The van der Waals surface area contributed by atoms with Crippen LogP contribution in [0.2, 0.25) is 5.02 Å². The molecular formula is C36H67ClN4O3. The van der Waals surface area contributed by atoms with Crippen LogP contribution in [0.1, 0.15) is 111 Å². The molecule has 2 aliphatic rings. The van der Waals surface area contributed by atoms with E-state index in [0.29, 0.717) is 24.5 Å². The summed E-state index contributed by atoms with van der Waals surface area (Å²) in [6.45, 7) is 18.2. The number of nitrogens with one attached hydrogen (secondary N) is 3. The Bertz CT molecular complexity index is 808. The number of halogens is 1. The monoisotopic (exact) mass is 638 g/mol. The van der Waals surface area contributed by atoms with Gasteiger partial charge in [0.15, 0.2) is 0 Å². The maximum atomic E-state index is 11.5. The Morgan fingerprint density at radius 3 is 2.02 bits per heavy atom. The van der Waals surface area contributed by atoms with Gasteiger partial charge in [-0.3, -0.25) is 4.79 Å². The van der Waals surface area contributed by atoms with Crippen molar-refractivity contribution in [1.29, 1.82) is 0 Å². The maximum Gasteiger partial charge on any atom is 0.234 e. The van der Waals surface area contributed by atoms with Gasteiger partial charge in [0, 0.05) is 22.5 Å². The number of piperidine rings is 1. The summed E-state index contributed by atoms with van der Waals surface area (Å²) in [7, 11) is 4.11. The van der Waals surface area contributed by atoms with Gasteiger partial charge in [0.25, 0.3) is 0 Å². The van der Waals surface area contributed by atoms with Crippen LogP contribution in [0.15, 0.2) is 24.3 Å². The molecule has 1 aliphatic heterocycles. The van der Waals surface area contributed by atoms with Gasteiger partial charge in [-0.15, -0.1) is 0 Å². The van der Waals surface area contributed by atoms with Crippen LogP contribution in [0, 0.1) is 11.3 Å². The number of unbranched alkanes of at least 4 members (excludes halogenated alkanes) is 1. The molecule has 1 heterocycles. The largest absolute Gasteiger partial charge is 0.353 e. The summed E-state index contributed by atoms with van der Waals surface area (Å²) in [6, 6.07) is 8.85. The van der Waals surface area contributed by atoms with Crippen LogP contribution < -0.4 is 16.0 Å². The molecule has 44 heavy (non-hydrogen) atoms. The fourth-order valence-corrected chi connectivity index (χ4v) is 5.11. The van der Waals surface area contributed by atoms with Gasteiger partial charge in [-0.2, -0.15) is 0 Å². The SMILES string of the molecule is C=O.CCCCNCC(=O)NC(C)CC.CCc1ccc(Cl)cc1.CN1CCC(C=O)(C2CCCCC2)CC1.CNC(C)C. The minimum Gasteiger partial charge on any atom is -0.353 e. The highest BCUT2D eigenvalue weighted by atomic mass is 35.5. The molecule has 1 aromatic rings. The molecule has 1 aliphatic carbocycles. The number of likely N-dealkylation sites (tertiary alicyclic amines) is 1. The fourth-order valence-electron chi connectivity index (χ4n) is 4.99. The second-order valence-corrected chi connectivity index (χ2v) is 12.8. The molecule has 0 bridgehead atoms. The molecule has 3 rings (SSSR count). The smallest absolute Gasteiger partial charge is 0.234 e. The second-order valence-electron chi connectivity index (χ2n) is 12.3. The van der Waals surface area contributed by atoms with E-state index >= 15 is 0 Å². The van der Waals surface area contributed by atoms with Crippen LogP contribution in [-0.4, -0.2) is 76.2 Å². The lowest BCUT2D eigenvalue weighted by atomic mass is 9.65. The Kier molecular flexibility index (Phi) is 28.9. The van der Waals surface area contributed by atoms with Crippen LogP contribution >= 0.6 is 11.6 Å². The Morgan fingerprint density at radius 2 is 1.59 bits per heavy atom. The Hall–Kier alpha value is -1.80. The zero-order valence-corrected chi connectivity index (χ0v) is 30.2. The summed E-state index contributed by atoms with van der Waals surface area (Å²) in [5.74, 6) is 0.794. The number of hydrogen-bond donors (Lipinski definition) is 3. The number of aryl methyl sites for hydroxylation is 1. The van der Waals surface area contributed by atoms with Gasteiger partial charge in [0.2, 0.25) is 5.91 Å². The van der Waals surface area contributed by atoms with Gasteiger partial charge in [-0.25, -0.2) is 0 Å². The van der Waals surface area contributed by atoms with Crippen molar-refractivity contribution in [2.24, 2.45) is 11.3 Å². The summed E-state index contributed by atoms with van der Waals surface area (Å²) in [5.41, 5.74) is 1.38. The highest BCUT2D eigenvalue weighted by molar-refractivity contribution is 6.30. The summed E-state index contributed by atoms with van der Waals surface area (Å²) < 4.78 is 0. The summed E-state index contributed by atoms with van der Waals surface area (Å²) in [6.07, 6.45) is 14.5. The van der Waals surface area contributed by atoms with E-state index in [0.717, 1.165) is 56.8 Å². The van der Waals surface area contributed by atoms with E-state index in [1.54, 1.807) is 0 Å². The van der Waals surface area contributed by atoms with Crippen molar-refractivity contribution >= 4 is 30.6 Å². The molecule has 1 saturated heterocycles. The van der Waals surface area contributed by atoms with Crippen molar-refractivity contribution < 1.29 is 14.4 Å². The number of carbonyl (C=O) groups is 3. The lowest BCUT2D eigenvalue weighted by Crippen LogP contribution is -2.44. The van der Waals surface area contributed by atoms with Crippen LogP contribution in [0.25, 0.3) is 0 Å². The van der Waals surface area contributed by atoms with Gasteiger partial charge < -0.3 is 30.4 Å². The molecule has 0 aromatic heterocycles. The third kappa shape index (κ3) is 21.8. The maximum absolute atomic E-state index is 11.5. The number of hydrogen-bond acceptors (Lipinski definition) is 6. The van der Waals surface area contributed by atoms with E-state index in [1.807, 2.05) is 45.0 Å². The van der Waals surface area contributed by atoms with Crippen LogP contribution in [0.3, 0.4) is 0 Å². The minimum atomic E-state index is 0.0485. The van der Waals surface area contributed by atoms with Crippen molar-refractivity contribution in [1.82, 2.24) is 20.9 Å². The predicted molar refractivity (Wildman–Crippen MR) is 190 cm³/mol. The van der Waals surface area contributed by atoms with E-state index in [1.165, 1.54) is 50.4 Å². The molecule has 7 nitrogen and oxygen atoms in total. The molecular weight excluding hydrogens is 572 g/mol. The fraction of sp³-hybridized carbons (Fsp3) is 0.750. The quantitative estimate of drug-likeness (QED) is 0.177. The Labute approximate surface area is 276 Å². The number of benzene rings is 1. The van der Waals surface area contributed by atoms with Gasteiger partial charge in [-0.1, -0.05) is 84.0 Å². The highest BCUT2D eigenvalue weighted by Crippen LogP contribution is 2.44. The zero-order valence-electron chi connectivity index (χ0n) is 29.5. The van der Waals surface area contributed by atoms with Gasteiger partial charge in [0.1, 0.15) is 13.1 Å². The molecule has 1 aromatic carbocycles. The number of carbonyl (C=O) groups excluding carboxylic acids is 3. The average Bonchev–Trinajstić information content (AvgIpc) is 3.06. The number of nitrogens with zero attached hydrogens (tertiary/aromatic N) is 1. The molecule has 0 spiro atoms. The predicted octanol–water partition coefficient (Wildman–Crippen LogP) is 7.10. The van der Waals surface area contributed by atoms with E-state index in [4.69, 9.17) is 16.4 Å². The second kappa shape index (κ2) is 28.7. The molecule has 8 heteroatoms. The Morgan fingerprint density at radius 1 is 1.05 bits per heavy atom. The van der Waals surface area contributed by atoms with Crippen LogP contribution in [0.4, 0.5) is 0 Å². The van der Waals surface area contributed by atoms with Gasteiger partial charge in [-0.05, 0) is 109 Å². The zero-order chi connectivity index (χ0) is 33.8. The van der Waals surface area contributed by atoms with E-state index in [2.05, 4.69) is 62.5 Å². The summed E-state index contributed by atoms with van der Waals surface area (Å²) >= 11 is 5.67. The Balaban J connectivity index is 0. The third-order valence-electron chi connectivity index (χ3n) is 8.48. The third-order valence-corrected chi connectivity index (χ3v) is 8.73. The minimum absolute atomic E-state index is 0.0485. The van der Waals surface area contributed by atoms with E-state index in [-0.39, 0.29) is 11.3 Å². The van der Waals surface area contributed by atoms with Crippen molar-refractivity contribution in [3.8, 4) is 0 Å². The normalized spacial score (nSPS) is 16.7. The lowest BCUT2D eigenvalue weighted by Gasteiger charge is -2.43. The first-order valence-corrected chi connectivity index (χ1v) is 17.3. The first-order valence-electron chi connectivity index (χ1n) is 16.9. The number of rotatable bonds is 11. The van der Waals surface area contributed by atoms with Crippen molar-refractivity contribution in [2.45, 2.75) is 124 Å². The van der Waals surface area contributed by atoms with Crippen molar-refractivity contribution in [3.05, 3.63) is 34.9 Å². The van der Waals surface area contributed by atoms with E-state index < -0.39 is 0 Å². The number of amides is 1. The van der Waals surface area contributed by atoms with Gasteiger partial charge in [0.05, 0.1) is 6.54 Å². The average molecular weight is 639 g/mol. The molecule has 1 atom stereocenters. The highest BCUT2D eigenvalue weighted by Gasteiger charge is 2.40.